The summed E-state index contributed by atoms with van der Waals surface area (Å²) < 4.78 is 0. The molecule has 1 saturated heterocycles. The lowest BCUT2D eigenvalue weighted by molar-refractivity contribution is -0.120. The molecule has 0 bridgehead atoms. The second-order valence-corrected chi connectivity index (χ2v) is 5.24. The van der Waals surface area contributed by atoms with Crippen LogP contribution in [-0.4, -0.2) is 31.8 Å². The predicted octanol–water partition coefficient (Wildman–Crippen LogP) is 1.85. The highest BCUT2D eigenvalue weighted by molar-refractivity contribution is 7.99. The van der Waals surface area contributed by atoms with Crippen molar-refractivity contribution in [2.24, 2.45) is 5.92 Å². The summed E-state index contributed by atoms with van der Waals surface area (Å²) in [6, 6.07) is 9.93. The number of halogens is 1. The second-order valence-electron chi connectivity index (χ2n) is 4.30. The zero-order valence-electron chi connectivity index (χ0n) is 10.4. The highest BCUT2D eigenvalue weighted by atomic mass is 35.5. The highest BCUT2D eigenvalue weighted by Crippen LogP contribution is 2.26. The zero-order chi connectivity index (χ0) is 12.1. The van der Waals surface area contributed by atoms with E-state index in [0.717, 1.165) is 25.2 Å². The third-order valence-electron chi connectivity index (χ3n) is 3.01. The summed E-state index contributed by atoms with van der Waals surface area (Å²) >= 11 is 1.58. The van der Waals surface area contributed by atoms with E-state index in [1.807, 2.05) is 36.6 Å². The van der Waals surface area contributed by atoms with Crippen LogP contribution in [0.15, 0.2) is 30.3 Å². The number of carbonyl (C=O) groups is 1. The number of nitrogens with one attached hydrogen (secondary N) is 2. The molecule has 0 aliphatic carbocycles. The molecule has 1 fully saturated rings. The zero-order valence-corrected chi connectivity index (χ0v) is 12.0. The quantitative estimate of drug-likeness (QED) is 0.868. The first-order chi connectivity index (χ1) is 8.31. The van der Waals surface area contributed by atoms with Crippen molar-refractivity contribution in [1.29, 1.82) is 0 Å². The molecule has 1 aromatic carbocycles. The van der Waals surface area contributed by atoms with Crippen molar-refractivity contribution in [2.45, 2.75) is 5.25 Å². The van der Waals surface area contributed by atoms with Crippen LogP contribution in [-0.2, 0) is 4.79 Å². The van der Waals surface area contributed by atoms with E-state index >= 15 is 0 Å². The highest BCUT2D eigenvalue weighted by Gasteiger charge is 2.22. The van der Waals surface area contributed by atoms with Crippen molar-refractivity contribution < 1.29 is 4.79 Å². The number of hydrogen-bond donors (Lipinski definition) is 2. The maximum absolute atomic E-state index is 12.1. The molecule has 0 saturated carbocycles. The second kappa shape index (κ2) is 7.67. The maximum Gasteiger partial charge on any atom is 0.237 e. The molecule has 0 radical (unpaired) electrons. The SMILES string of the molecule is CSC(C(=O)NCC1CNC1)c1ccccc1.Cl. The van der Waals surface area contributed by atoms with Crippen LogP contribution in [0.25, 0.3) is 0 Å². The average molecular weight is 287 g/mol. The van der Waals surface area contributed by atoms with E-state index in [9.17, 15) is 4.79 Å². The standard InChI is InChI=1S/C13H18N2OS.ClH/c1-17-12(11-5-3-2-4-6-11)13(16)15-9-10-7-14-8-10;/h2-6,10,12,14H,7-9H2,1H3,(H,15,16);1H. The third-order valence-corrected chi connectivity index (χ3v) is 3.96. The van der Waals surface area contributed by atoms with Gasteiger partial charge in [-0.3, -0.25) is 4.79 Å². The van der Waals surface area contributed by atoms with Crippen LogP contribution in [0.5, 0.6) is 0 Å². The van der Waals surface area contributed by atoms with E-state index in [-0.39, 0.29) is 23.6 Å². The summed E-state index contributed by atoms with van der Waals surface area (Å²) in [5.74, 6) is 0.729. The first-order valence-electron chi connectivity index (χ1n) is 5.87. The van der Waals surface area contributed by atoms with Gasteiger partial charge in [0.2, 0.25) is 5.91 Å². The van der Waals surface area contributed by atoms with Gasteiger partial charge in [-0.25, -0.2) is 0 Å². The van der Waals surface area contributed by atoms with Crippen molar-refractivity contribution in [3.05, 3.63) is 35.9 Å². The van der Waals surface area contributed by atoms with Crippen LogP contribution < -0.4 is 10.6 Å². The number of thioether (sulfide) groups is 1. The summed E-state index contributed by atoms with van der Waals surface area (Å²) in [6.45, 7) is 2.83. The van der Waals surface area contributed by atoms with Gasteiger partial charge in [0.25, 0.3) is 0 Å². The van der Waals surface area contributed by atoms with E-state index in [2.05, 4.69) is 10.6 Å². The van der Waals surface area contributed by atoms with E-state index in [1.165, 1.54) is 0 Å². The molecule has 1 amide bonds. The molecule has 2 N–H and O–H groups in total. The van der Waals surface area contributed by atoms with Gasteiger partial charge in [-0.15, -0.1) is 24.2 Å². The maximum atomic E-state index is 12.1. The first-order valence-corrected chi connectivity index (χ1v) is 7.16. The number of amides is 1. The molecule has 1 aliphatic heterocycles. The predicted molar refractivity (Wildman–Crippen MR) is 79.3 cm³/mol. The van der Waals surface area contributed by atoms with Crippen molar-refractivity contribution in [2.75, 3.05) is 25.9 Å². The van der Waals surface area contributed by atoms with Gasteiger partial charge in [0.15, 0.2) is 0 Å². The van der Waals surface area contributed by atoms with Gasteiger partial charge in [-0.05, 0) is 11.8 Å². The molecule has 1 aliphatic rings. The van der Waals surface area contributed by atoms with E-state index in [0.29, 0.717) is 5.92 Å². The molecular formula is C13H19ClN2OS. The van der Waals surface area contributed by atoms with Crippen molar-refractivity contribution >= 4 is 30.1 Å². The third kappa shape index (κ3) is 3.90. The fourth-order valence-corrected chi connectivity index (χ4v) is 2.58. The Hall–Kier alpha value is -0.710. The monoisotopic (exact) mass is 286 g/mol. The molecule has 5 heteroatoms. The Morgan fingerprint density at radius 3 is 2.61 bits per heavy atom. The minimum absolute atomic E-state index is 0. The Labute approximate surface area is 119 Å². The van der Waals surface area contributed by atoms with Crippen LogP contribution in [0.2, 0.25) is 0 Å². The molecule has 2 rings (SSSR count). The Morgan fingerprint density at radius 1 is 1.44 bits per heavy atom. The fraction of sp³-hybridized carbons (Fsp3) is 0.462. The first kappa shape index (κ1) is 15.3. The normalized spacial score (nSPS) is 16.3. The van der Waals surface area contributed by atoms with E-state index < -0.39 is 0 Å². The van der Waals surface area contributed by atoms with Crippen LogP contribution >= 0.6 is 24.2 Å². The van der Waals surface area contributed by atoms with Gasteiger partial charge in [-0.1, -0.05) is 30.3 Å². The van der Waals surface area contributed by atoms with E-state index in [4.69, 9.17) is 0 Å². The summed E-state index contributed by atoms with van der Waals surface area (Å²) in [5, 5.41) is 6.14. The molecule has 1 atom stereocenters. The largest absolute Gasteiger partial charge is 0.354 e. The van der Waals surface area contributed by atoms with E-state index in [1.54, 1.807) is 11.8 Å². The summed E-state index contributed by atoms with van der Waals surface area (Å²) in [5.41, 5.74) is 1.07. The van der Waals surface area contributed by atoms with Gasteiger partial charge in [0.1, 0.15) is 5.25 Å². The van der Waals surface area contributed by atoms with Gasteiger partial charge < -0.3 is 10.6 Å². The molecular weight excluding hydrogens is 268 g/mol. The molecule has 3 nitrogen and oxygen atoms in total. The van der Waals surface area contributed by atoms with Crippen LogP contribution in [0.4, 0.5) is 0 Å². The van der Waals surface area contributed by atoms with Gasteiger partial charge in [-0.2, -0.15) is 0 Å². The Bertz CT molecular complexity index is 371. The summed E-state index contributed by atoms with van der Waals surface area (Å²) in [4.78, 5) is 12.1. The Balaban J connectivity index is 0.00000162. The summed E-state index contributed by atoms with van der Waals surface area (Å²) in [6.07, 6.45) is 1.97. The minimum Gasteiger partial charge on any atom is -0.354 e. The molecule has 0 aromatic heterocycles. The molecule has 1 aromatic rings. The lowest BCUT2D eigenvalue weighted by atomic mass is 10.0. The van der Waals surface area contributed by atoms with Gasteiger partial charge in [0.05, 0.1) is 0 Å². The Kier molecular flexibility index (Phi) is 6.54. The number of benzene rings is 1. The molecule has 1 unspecified atom stereocenters. The van der Waals surface area contributed by atoms with Crippen molar-refractivity contribution in [3.8, 4) is 0 Å². The minimum atomic E-state index is -0.0933. The number of rotatable bonds is 5. The molecule has 1 heterocycles. The number of carbonyl (C=O) groups excluding carboxylic acids is 1. The lowest BCUT2D eigenvalue weighted by Crippen LogP contribution is -2.48. The Morgan fingerprint density at radius 2 is 2.11 bits per heavy atom. The van der Waals surface area contributed by atoms with Gasteiger partial charge >= 0.3 is 0 Å². The van der Waals surface area contributed by atoms with Crippen LogP contribution in [0, 0.1) is 5.92 Å². The average Bonchev–Trinajstić information content (AvgIpc) is 2.29. The van der Waals surface area contributed by atoms with Crippen LogP contribution in [0.1, 0.15) is 10.8 Å². The molecule has 100 valence electrons. The topological polar surface area (TPSA) is 41.1 Å². The fourth-order valence-electron chi connectivity index (χ4n) is 1.85. The lowest BCUT2D eigenvalue weighted by Gasteiger charge is -2.27. The summed E-state index contributed by atoms with van der Waals surface area (Å²) in [7, 11) is 0. The van der Waals surface area contributed by atoms with Crippen LogP contribution in [0.3, 0.4) is 0 Å². The van der Waals surface area contributed by atoms with Crippen molar-refractivity contribution in [3.63, 3.8) is 0 Å². The van der Waals surface area contributed by atoms with Crippen molar-refractivity contribution in [1.82, 2.24) is 10.6 Å². The smallest absolute Gasteiger partial charge is 0.237 e. The molecule has 0 spiro atoms. The molecule has 18 heavy (non-hydrogen) atoms. The van der Waals surface area contributed by atoms with Gasteiger partial charge in [0, 0.05) is 25.6 Å². The number of hydrogen-bond acceptors (Lipinski definition) is 3.